The molecule has 0 bridgehead atoms. The van der Waals surface area contributed by atoms with Crippen molar-refractivity contribution in [3.63, 3.8) is 0 Å². The predicted molar refractivity (Wildman–Crippen MR) is 75.6 cm³/mol. The van der Waals surface area contributed by atoms with Gasteiger partial charge in [0.1, 0.15) is 23.5 Å². The first-order chi connectivity index (χ1) is 10.2. The summed E-state index contributed by atoms with van der Waals surface area (Å²) in [6, 6.07) is -0.799. The van der Waals surface area contributed by atoms with Crippen LogP contribution in [0.1, 0.15) is 34.1 Å². The maximum Gasteiger partial charge on any atom is 0.334 e. The Morgan fingerprint density at radius 3 is 2.55 bits per heavy atom. The minimum absolute atomic E-state index is 0.0166. The van der Waals surface area contributed by atoms with E-state index in [4.69, 9.17) is 9.47 Å². The molecule has 0 spiro atoms. The fraction of sp³-hybridized carbons (Fsp3) is 0.643. The van der Waals surface area contributed by atoms with Crippen molar-refractivity contribution in [2.45, 2.75) is 57.6 Å². The summed E-state index contributed by atoms with van der Waals surface area (Å²) < 4.78 is 11.7. The van der Waals surface area contributed by atoms with Crippen LogP contribution in [0.3, 0.4) is 0 Å². The first kappa shape index (κ1) is 16.4. The Hall–Kier alpha value is -1.93. The fourth-order valence-corrected chi connectivity index (χ4v) is 3.15. The number of ether oxygens (including phenoxy) is 2. The summed E-state index contributed by atoms with van der Waals surface area (Å²) in [6.07, 6.45) is 0.750. The van der Waals surface area contributed by atoms with Gasteiger partial charge < -0.3 is 25.1 Å². The van der Waals surface area contributed by atoms with E-state index in [0.717, 1.165) is 0 Å². The Labute approximate surface area is 127 Å². The summed E-state index contributed by atoms with van der Waals surface area (Å²) in [5, 5.41) is 24.4. The molecule has 22 heavy (non-hydrogen) atoms. The smallest absolute Gasteiger partial charge is 0.334 e. The molecule has 0 saturated carbocycles. The van der Waals surface area contributed by atoms with Gasteiger partial charge in [-0.05, 0) is 26.3 Å². The van der Waals surface area contributed by atoms with E-state index in [-0.39, 0.29) is 17.2 Å². The van der Waals surface area contributed by atoms with Crippen LogP contribution in [0.4, 0.5) is 0 Å². The maximum absolute atomic E-state index is 11.6. The molecule has 1 amide bonds. The summed E-state index contributed by atoms with van der Waals surface area (Å²) in [5.41, 5.74) is -1.26. The van der Waals surface area contributed by atoms with E-state index in [1.54, 1.807) is 20.8 Å². The van der Waals surface area contributed by atoms with Crippen LogP contribution in [-0.4, -0.2) is 51.4 Å². The summed E-state index contributed by atoms with van der Waals surface area (Å²) in [6.45, 7) is 6.44. The molecule has 1 heterocycles. The number of aliphatic carboxylic acids is 1. The molecule has 122 valence electrons. The number of carbonyl (C=O) groups excluding carboxylic acids is 1. The van der Waals surface area contributed by atoms with Crippen molar-refractivity contribution in [2.24, 2.45) is 5.16 Å². The van der Waals surface area contributed by atoms with E-state index in [0.29, 0.717) is 6.42 Å². The van der Waals surface area contributed by atoms with Gasteiger partial charge in [0.05, 0.1) is 5.57 Å². The number of carbonyl (C=O) groups is 2. The average Bonchev–Trinajstić information content (AvgIpc) is 2.70. The lowest BCUT2D eigenvalue weighted by Gasteiger charge is -2.39. The third-order valence-electron chi connectivity index (χ3n) is 3.90. The minimum atomic E-state index is -1.23. The van der Waals surface area contributed by atoms with Crippen molar-refractivity contribution in [2.75, 3.05) is 0 Å². The molecule has 0 aromatic heterocycles. The number of nitrogens with one attached hydrogen (secondary N) is 1. The average molecular weight is 312 g/mol. The number of fused-ring (bicyclic) bond motifs is 1. The van der Waals surface area contributed by atoms with Crippen LogP contribution in [0.15, 0.2) is 16.8 Å². The van der Waals surface area contributed by atoms with E-state index in [9.17, 15) is 19.9 Å². The van der Waals surface area contributed by atoms with E-state index < -0.39 is 29.5 Å². The lowest BCUT2D eigenvalue weighted by Crippen LogP contribution is -2.60. The Morgan fingerprint density at radius 1 is 1.45 bits per heavy atom. The zero-order chi connectivity index (χ0) is 16.7. The molecule has 2 aliphatic rings. The predicted octanol–water partition coefficient (Wildman–Crippen LogP) is 0.646. The van der Waals surface area contributed by atoms with Crippen molar-refractivity contribution in [3.05, 3.63) is 11.6 Å². The molecule has 0 radical (unpaired) electrons. The second-order valence-electron chi connectivity index (χ2n) is 5.85. The van der Waals surface area contributed by atoms with Crippen LogP contribution >= 0.6 is 0 Å². The largest absolute Gasteiger partial charge is 0.478 e. The Bertz CT molecular complexity index is 568. The van der Waals surface area contributed by atoms with Gasteiger partial charge in [-0.2, -0.15) is 0 Å². The van der Waals surface area contributed by atoms with Gasteiger partial charge in [0.2, 0.25) is 5.91 Å². The number of amides is 1. The van der Waals surface area contributed by atoms with Crippen LogP contribution in [0.2, 0.25) is 0 Å². The molecule has 3 atom stereocenters. The minimum Gasteiger partial charge on any atom is -0.478 e. The van der Waals surface area contributed by atoms with Crippen molar-refractivity contribution in [1.29, 1.82) is 0 Å². The number of carboxylic acid groups (broad SMARTS) is 1. The summed E-state index contributed by atoms with van der Waals surface area (Å²) in [4.78, 5) is 23.1. The molecular formula is C14H20N2O6. The number of hydrogen-bond donors (Lipinski definition) is 3. The highest BCUT2D eigenvalue weighted by atomic mass is 16.8. The number of nitrogens with zero attached hydrogens (tertiary/aromatic N) is 1. The number of hydrogen-bond acceptors (Lipinski definition) is 6. The summed E-state index contributed by atoms with van der Waals surface area (Å²) in [7, 11) is 0. The van der Waals surface area contributed by atoms with Crippen LogP contribution in [0, 0.1) is 0 Å². The molecule has 1 aliphatic heterocycles. The first-order valence-corrected chi connectivity index (χ1v) is 6.99. The van der Waals surface area contributed by atoms with Gasteiger partial charge in [-0.3, -0.25) is 4.79 Å². The SMILES string of the molecule is CCC12OC(C)(C)O[C@H]1[C@H](NC(C)=O)C(=NO)C=C2C(=O)O. The highest BCUT2D eigenvalue weighted by Crippen LogP contribution is 2.47. The molecule has 1 aliphatic carbocycles. The van der Waals surface area contributed by atoms with E-state index in [1.165, 1.54) is 13.0 Å². The summed E-state index contributed by atoms with van der Waals surface area (Å²) >= 11 is 0. The van der Waals surface area contributed by atoms with Crippen molar-refractivity contribution >= 4 is 17.6 Å². The molecule has 1 saturated heterocycles. The Kier molecular flexibility index (Phi) is 4.01. The molecular weight excluding hydrogens is 292 g/mol. The highest BCUT2D eigenvalue weighted by Gasteiger charge is 2.61. The fourth-order valence-electron chi connectivity index (χ4n) is 3.15. The molecule has 8 nitrogen and oxygen atoms in total. The van der Waals surface area contributed by atoms with E-state index >= 15 is 0 Å². The van der Waals surface area contributed by atoms with Gasteiger partial charge in [-0.25, -0.2) is 4.79 Å². The van der Waals surface area contributed by atoms with Gasteiger partial charge in [0.15, 0.2) is 5.79 Å². The lowest BCUT2D eigenvalue weighted by atomic mass is 9.75. The number of rotatable bonds is 3. The molecule has 3 N–H and O–H groups in total. The normalized spacial score (nSPS) is 34.9. The van der Waals surface area contributed by atoms with E-state index in [2.05, 4.69) is 10.5 Å². The highest BCUT2D eigenvalue weighted by molar-refractivity contribution is 6.08. The second-order valence-corrected chi connectivity index (χ2v) is 5.85. The van der Waals surface area contributed by atoms with Crippen molar-refractivity contribution in [3.8, 4) is 0 Å². The molecule has 0 aromatic carbocycles. The van der Waals surface area contributed by atoms with E-state index in [1.807, 2.05) is 0 Å². The number of carboxylic acids is 1. The van der Waals surface area contributed by atoms with Crippen LogP contribution < -0.4 is 5.32 Å². The molecule has 1 unspecified atom stereocenters. The second kappa shape index (κ2) is 5.36. The monoisotopic (exact) mass is 312 g/mol. The van der Waals surface area contributed by atoms with Gasteiger partial charge in [0.25, 0.3) is 0 Å². The first-order valence-electron chi connectivity index (χ1n) is 6.99. The van der Waals surface area contributed by atoms with Crippen molar-refractivity contribution < 1.29 is 29.4 Å². The van der Waals surface area contributed by atoms with Crippen molar-refractivity contribution in [1.82, 2.24) is 5.32 Å². The number of oxime groups is 1. The van der Waals surface area contributed by atoms with Crippen LogP contribution in [0.25, 0.3) is 0 Å². The standard InChI is InChI=1S/C14H20N2O6/c1-5-14-8(12(18)19)6-9(16-20)10(15-7(2)17)11(14)21-13(3,4)22-14/h6,10-11,20H,5H2,1-4H3,(H,15,17)(H,18,19)/t10-,11+,14?/m1/s1. The van der Waals surface area contributed by atoms with Gasteiger partial charge in [-0.1, -0.05) is 12.1 Å². The molecule has 2 rings (SSSR count). The quantitative estimate of drug-likeness (QED) is 0.520. The Balaban J connectivity index is 2.62. The van der Waals surface area contributed by atoms with Crippen LogP contribution in [-0.2, 0) is 19.1 Å². The van der Waals surface area contributed by atoms with Gasteiger partial charge in [-0.15, -0.1) is 0 Å². The third-order valence-corrected chi connectivity index (χ3v) is 3.90. The summed E-state index contributed by atoms with van der Waals surface area (Å²) in [5.74, 6) is -2.57. The lowest BCUT2D eigenvalue weighted by molar-refractivity contribution is -0.161. The molecule has 1 fully saturated rings. The van der Waals surface area contributed by atoms with Gasteiger partial charge in [0, 0.05) is 6.92 Å². The van der Waals surface area contributed by atoms with Crippen LogP contribution in [0.5, 0.6) is 0 Å². The molecule has 8 heteroatoms. The van der Waals surface area contributed by atoms with Gasteiger partial charge >= 0.3 is 5.97 Å². The maximum atomic E-state index is 11.6. The topological polar surface area (TPSA) is 117 Å². The zero-order valence-corrected chi connectivity index (χ0v) is 12.9. The third kappa shape index (κ3) is 2.48. The molecule has 0 aromatic rings. The Morgan fingerprint density at radius 2 is 2.09 bits per heavy atom. The zero-order valence-electron chi connectivity index (χ0n) is 12.9.